The number of fused-ring (bicyclic) bond motifs is 1. The number of carboxylic acid groups (broad SMARTS) is 1. The zero-order valence-corrected chi connectivity index (χ0v) is 15.8. The van der Waals surface area contributed by atoms with Crippen molar-refractivity contribution in [1.29, 1.82) is 0 Å². The fraction of sp³-hybridized carbons (Fsp3) is 0.375. The van der Waals surface area contributed by atoms with Crippen LogP contribution in [-0.2, 0) is 30.3 Å². The van der Waals surface area contributed by atoms with Gasteiger partial charge in [0.15, 0.2) is 6.04 Å². The van der Waals surface area contributed by atoms with Crippen LogP contribution in [0.1, 0.15) is 11.8 Å². The summed E-state index contributed by atoms with van der Waals surface area (Å²) in [6.45, 7) is 0.971. The van der Waals surface area contributed by atoms with Crippen LogP contribution in [0.4, 0.5) is 0 Å². The SMILES string of the molecule is CC(=O)OCC1=C(C(=O)O)N2C(=O)C(N(O)C(=O)Cc3cccs3)[C@H]2SC1. The second-order valence-corrected chi connectivity index (χ2v) is 8.02. The van der Waals surface area contributed by atoms with Crippen LogP contribution in [0.15, 0.2) is 28.8 Å². The summed E-state index contributed by atoms with van der Waals surface area (Å²) in [6.07, 6.45) is -0.0470. The molecule has 1 aromatic heterocycles. The van der Waals surface area contributed by atoms with E-state index in [1.54, 1.807) is 17.5 Å². The summed E-state index contributed by atoms with van der Waals surface area (Å²) >= 11 is 2.56. The molecule has 0 aliphatic carbocycles. The minimum Gasteiger partial charge on any atom is -0.477 e. The third kappa shape index (κ3) is 3.70. The lowest BCUT2D eigenvalue weighted by Crippen LogP contribution is -2.71. The molecule has 144 valence electrons. The van der Waals surface area contributed by atoms with Gasteiger partial charge in [-0.05, 0) is 11.4 Å². The van der Waals surface area contributed by atoms with Gasteiger partial charge in [-0.2, -0.15) is 0 Å². The Morgan fingerprint density at radius 2 is 2.15 bits per heavy atom. The van der Waals surface area contributed by atoms with Crippen LogP contribution in [0.3, 0.4) is 0 Å². The first kappa shape index (κ1) is 19.4. The van der Waals surface area contributed by atoms with Gasteiger partial charge < -0.3 is 9.84 Å². The third-order valence-electron chi connectivity index (χ3n) is 4.10. The molecule has 2 aliphatic rings. The van der Waals surface area contributed by atoms with Crippen molar-refractivity contribution in [2.24, 2.45) is 0 Å². The van der Waals surface area contributed by atoms with Gasteiger partial charge in [0, 0.05) is 23.1 Å². The highest BCUT2D eigenvalue weighted by Crippen LogP contribution is 2.42. The van der Waals surface area contributed by atoms with E-state index in [0.717, 1.165) is 9.78 Å². The number of carbonyl (C=O) groups is 4. The first-order chi connectivity index (χ1) is 12.8. The van der Waals surface area contributed by atoms with Crippen molar-refractivity contribution >= 4 is 46.9 Å². The predicted molar refractivity (Wildman–Crippen MR) is 94.8 cm³/mol. The average molecular weight is 412 g/mol. The minimum atomic E-state index is -1.33. The largest absolute Gasteiger partial charge is 0.477 e. The lowest BCUT2D eigenvalue weighted by atomic mass is 10.0. The molecule has 0 aromatic carbocycles. The monoisotopic (exact) mass is 412 g/mol. The molecule has 0 saturated carbocycles. The molecule has 1 aromatic rings. The van der Waals surface area contributed by atoms with Crippen LogP contribution in [0, 0.1) is 0 Å². The van der Waals surface area contributed by atoms with E-state index in [1.165, 1.54) is 30.0 Å². The van der Waals surface area contributed by atoms with Gasteiger partial charge in [-0.1, -0.05) is 6.07 Å². The molecule has 2 aliphatic heterocycles. The Kier molecular flexibility index (Phi) is 5.53. The van der Waals surface area contributed by atoms with Gasteiger partial charge in [-0.3, -0.25) is 24.5 Å². The van der Waals surface area contributed by atoms with Crippen LogP contribution < -0.4 is 0 Å². The maximum Gasteiger partial charge on any atom is 0.352 e. The van der Waals surface area contributed by atoms with Crippen LogP contribution >= 0.6 is 23.1 Å². The van der Waals surface area contributed by atoms with Crippen LogP contribution in [0.5, 0.6) is 0 Å². The molecular formula is C16H16N2O7S2. The minimum absolute atomic E-state index is 0.0470. The van der Waals surface area contributed by atoms with Gasteiger partial charge in [0.2, 0.25) is 0 Å². The summed E-state index contributed by atoms with van der Waals surface area (Å²) in [7, 11) is 0. The highest BCUT2D eigenvalue weighted by atomic mass is 32.2. The lowest BCUT2D eigenvalue weighted by Gasteiger charge is -2.50. The van der Waals surface area contributed by atoms with Gasteiger partial charge >= 0.3 is 11.9 Å². The Bertz CT molecular complexity index is 821. The van der Waals surface area contributed by atoms with Gasteiger partial charge in [0.1, 0.15) is 17.7 Å². The van der Waals surface area contributed by atoms with E-state index >= 15 is 0 Å². The zero-order chi connectivity index (χ0) is 19.7. The van der Waals surface area contributed by atoms with E-state index in [2.05, 4.69) is 0 Å². The number of hydroxylamine groups is 2. The Balaban J connectivity index is 1.75. The number of amides is 2. The van der Waals surface area contributed by atoms with Gasteiger partial charge in [-0.15, -0.1) is 23.1 Å². The summed E-state index contributed by atoms with van der Waals surface area (Å²) in [6, 6.07) is 2.37. The van der Waals surface area contributed by atoms with E-state index in [0.29, 0.717) is 10.6 Å². The summed E-state index contributed by atoms with van der Waals surface area (Å²) in [5.74, 6) is -3.02. The third-order valence-corrected chi connectivity index (χ3v) is 6.30. The first-order valence-corrected chi connectivity index (χ1v) is 9.80. The number of rotatable bonds is 6. The number of carbonyl (C=O) groups excluding carboxylic acids is 3. The fourth-order valence-corrected chi connectivity index (χ4v) is 4.91. The number of esters is 1. The van der Waals surface area contributed by atoms with Gasteiger partial charge in [-0.25, -0.2) is 9.86 Å². The summed E-state index contributed by atoms with van der Waals surface area (Å²) in [5.41, 5.74) is 0.0282. The van der Waals surface area contributed by atoms with Crippen LogP contribution in [-0.4, -0.2) is 67.8 Å². The number of nitrogens with zero attached hydrogens (tertiary/aromatic N) is 2. The molecule has 0 bridgehead atoms. The van der Waals surface area contributed by atoms with Crippen molar-refractivity contribution < 1.29 is 34.2 Å². The van der Waals surface area contributed by atoms with Crippen LogP contribution in [0.25, 0.3) is 0 Å². The zero-order valence-electron chi connectivity index (χ0n) is 14.2. The molecule has 27 heavy (non-hydrogen) atoms. The maximum absolute atomic E-state index is 12.5. The Labute approximate surface area is 162 Å². The summed E-state index contributed by atoms with van der Waals surface area (Å²) in [4.78, 5) is 49.1. The molecule has 0 spiro atoms. The molecule has 1 unspecified atom stereocenters. The van der Waals surface area contributed by atoms with E-state index in [1.807, 2.05) is 0 Å². The number of ether oxygens (including phenoxy) is 1. The van der Waals surface area contributed by atoms with E-state index < -0.39 is 35.2 Å². The molecule has 1 fully saturated rings. The number of thioether (sulfide) groups is 1. The first-order valence-electron chi connectivity index (χ1n) is 7.88. The number of hydrogen-bond acceptors (Lipinski definition) is 8. The highest BCUT2D eigenvalue weighted by Gasteiger charge is 2.57. The molecule has 2 amide bonds. The van der Waals surface area contributed by atoms with Gasteiger partial charge in [0.05, 0.1) is 6.42 Å². The topological polar surface area (TPSA) is 124 Å². The predicted octanol–water partition coefficient (Wildman–Crippen LogP) is 0.694. The van der Waals surface area contributed by atoms with E-state index in [9.17, 15) is 29.5 Å². The molecule has 9 nitrogen and oxygen atoms in total. The number of β-lactam (4-membered cyclic amide) rings is 1. The molecule has 1 saturated heterocycles. The Morgan fingerprint density at radius 3 is 2.74 bits per heavy atom. The summed E-state index contributed by atoms with van der Waals surface area (Å²) in [5, 5.41) is 21.2. The molecule has 0 radical (unpaired) electrons. The molecule has 11 heteroatoms. The van der Waals surface area contributed by atoms with Crippen molar-refractivity contribution in [3.05, 3.63) is 33.7 Å². The number of thiophene rings is 1. The standard InChI is InChI=1S/C16H16N2O7S2/c1-8(19)25-6-9-7-27-15-13(14(21)17(15)12(9)16(22)23)18(24)11(20)5-10-3-2-4-26-10/h2-4,13,15,24H,5-7H2,1H3,(H,22,23)/t13?,15-/m1/s1. The Morgan fingerprint density at radius 1 is 1.41 bits per heavy atom. The molecule has 3 rings (SSSR count). The smallest absolute Gasteiger partial charge is 0.352 e. The van der Waals surface area contributed by atoms with E-state index in [-0.39, 0.29) is 24.5 Å². The second kappa shape index (κ2) is 7.71. The molecule has 3 heterocycles. The van der Waals surface area contributed by atoms with Crippen molar-refractivity contribution in [2.75, 3.05) is 12.4 Å². The number of carboxylic acids is 1. The fourth-order valence-electron chi connectivity index (χ4n) is 2.85. The molecule has 2 atom stereocenters. The lowest BCUT2D eigenvalue weighted by molar-refractivity contribution is -0.197. The van der Waals surface area contributed by atoms with Crippen molar-refractivity contribution in [3.8, 4) is 0 Å². The molecular weight excluding hydrogens is 396 g/mol. The van der Waals surface area contributed by atoms with Crippen molar-refractivity contribution in [3.63, 3.8) is 0 Å². The number of hydrogen-bond donors (Lipinski definition) is 2. The Hall–Kier alpha value is -2.37. The quantitative estimate of drug-likeness (QED) is 0.303. The maximum atomic E-state index is 12.5. The highest BCUT2D eigenvalue weighted by molar-refractivity contribution is 8.00. The number of aliphatic carboxylic acids is 1. The summed E-state index contributed by atoms with van der Waals surface area (Å²) < 4.78 is 4.85. The average Bonchev–Trinajstić information content (AvgIpc) is 3.11. The molecule has 2 N–H and O–H groups in total. The second-order valence-electron chi connectivity index (χ2n) is 5.89. The normalized spacial score (nSPS) is 21.4. The van der Waals surface area contributed by atoms with E-state index in [4.69, 9.17) is 4.74 Å². The van der Waals surface area contributed by atoms with Crippen LogP contribution in [0.2, 0.25) is 0 Å². The van der Waals surface area contributed by atoms with Crippen molar-refractivity contribution in [2.45, 2.75) is 24.8 Å². The van der Waals surface area contributed by atoms with Crippen molar-refractivity contribution in [1.82, 2.24) is 9.96 Å². The van der Waals surface area contributed by atoms with Gasteiger partial charge in [0.25, 0.3) is 11.8 Å².